The Morgan fingerprint density at radius 3 is 2.32 bits per heavy atom. The van der Waals surface area contributed by atoms with Crippen LogP contribution in [0.25, 0.3) is 0 Å². The van der Waals surface area contributed by atoms with Crippen LogP contribution in [0.5, 0.6) is 0 Å². The predicted molar refractivity (Wildman–Crippen MR) is 110 cm³/mol. The summed E-state index contributed by atoms with van der Waals surface area (Å²) in [4.78, 5) is 19.8. The van der Waals surface area contributed by atoms with E-state index in [1.54, 1.807) is 0 Å². The lowest BCUT2D eigenvalue weighted by atomic mass is 10.2. The van der Waals surface area contributed by atoms with Crippen molar-refractivity contribution in [1.29, 1.82) is 0 Å². The lowest BCUT2D eigenvalue weighted by molar-refractivity contribution is 0.102. The zero-order valence-electron chi connectivity index (χ0n) is 15.5. The van der Waals surface area contributed by atoms with Crippen molar-refractivity contribution in [3.63, 3.8) is 0 Å². The number of carbonyl (C=O) groups excluding carboxylic acids is 1. The SMILES string of the molecule is NS(=O)(=O)c1ccc(NC(=O)c2nc(S(=O)(=O)Cc3ccccc3F)ncc2Cl)cc1. The molecular weight excluding hydrogens is 471 g/mol. The molecule has 0 aliphatic rings. The molecule has 162 valence electrons. The first kappa shape index (κ1) is 22.7. The highest BCUT2D eigenvalue weighted by molar-refractivity contribution is 7.90. The highest BCUT2D eigenvalue weighted by atomic mass is 35.5. The summed E-state index contributed by atoms with van der Waals surface area (Å²) in [5, 5.41) is 6.50. The molecule has 1 aromatic heterocycles. The van der Waals surface area contributed by atoms with Gasteiger partial charge in [-0.1, -0.05) is 29.8 Å². The number of halogens is 2. The Hall–Kier alpha value is -2.93. The number of nitrogens with one attached hydrogen (secondary N) is 1. The fourth-order valence-electron chi connectivity index (χ4n) is 2.46. The van der Waals surface area contributed by atoms with E-state index in [1.165, 1.54) is 42.5 Å². The van der Waals surface area contributed by atoms with E-state index in [-0.39, 0.29) is 21.2 Å². The van der Waals surface area contributed by atoms with Crippen LogP contribution < -0.4 is 10.5 Å². The maximum absolute atomic E-state index is 13.8. The Morgan fingerprint density at radius 2 is 1.71 bits per heavy atom. The molecule has 0 radical (unpaired) electrons. The number of rotatable bonds is 6. The van der Waals surface area contributed by atoms with Gasteiger partial charge in [-0.25, -0.2) is 36.3 Å². The molecule has 0 aliphatic carbocycles. The Bertz CT molecular complexity index is 1360. The number of hydrogen-bond acceptors (Lipinski definition) is 7. The number of sulfonamides is 1. The summed E-state index contributed by atoms with van der Waals surface area (Å²) in [6, 6.07) is 10.2. The van der Waals surface area contributed by atoms with Gasteiger partial charge in [-0.3, -0.25) is 4.79 Å². The number of carbonyl (C=O) groups is 1. The molecule has 0 saturated carbocycles. The second-order valence-corrected chi connectivity index (χ2v) is 10.1. The van der Waals surface area contributed by atoms with Crippen molar-refractivity contribution in [3.8, 4) is 0 Å². The van der Waals surface area contributed by atoms with Crippen LogP contribution >= 0.6 is 11.6 Å². The first-order valence-electron chi connectivity index (χ1n) is 8.40. The van der Waals surface area contributed by atoms with E-state index in [9.17, 15) is 26.0 Å². The van der Waals surface area contributed by atoms with E-state index in [4.69, 9.17) is 16.7 Å². The van der Waals surface area contributed by atoms with Crippen LogP contribution in [0.1, 0.15) is 16.1 Å². The highest BCUT2D eigenvalue weighted by Crippen LogP contribution is 2.20. The Balaban J connectivity index is 1.86. The van der Waals surface area contributed by atoms with Gasteiger partial charge in [-0.15, -0.1) is 0 Å². The number of primary sulfonamides is 1. The van der Waals surface area contributed by atoms with Gasteiger partial charge >= 0.3 is 0 Å². The molecule has 3 N–H and O–H groups in total. The Morgan fingerprint density at radius 1 is 1.06 bits per heavy atom. The van der Waals surface area contributed by atoms with Crippen molar-refractivity contribution in [2.75, 3.05) is 5.32 Å². The summed E-state index contributed by atoms with van der Waals surface area (Å²) < 4.78 is 61.6. The molecule has 1 amide bonds. The van der Waals surface area contributed by atoms with Crippen LogP contribution in [0.4, 0.5) is 10.1 Å². The average Bonchev–Trinajstić information content (AvgIpc) is 2.69. The van der Waals surface area contributed by atoms with E-state index >= 15 is 0 Å². The minimum atomic E-state index is -4.18. The van der Waals surface area contributed by atoms with Gasteiger partial charge in [0.05, 0.1) is 21.9 Å². The van der Waals surface area contributed by atoms with Gasteiger partial charge in [0.2, 0.25) is 25.0 Å². The van der Waals surface area contributed by atoms with Crippen LogP contribution in [0.3, 0.4) is 0 Å². The van der Waals surface area contributed by atoms with Gasteiger partial charge in [-0.05, 0) is 30.3 Å². The molecule has 0 unspecified atom stereocenters. The van der Waals surface area contributed by atoms with Gasteiger partial charge in [0.15, 0.2) is 5.69 Å². The number of hydrogen-bond donors (Lipinski definition) is 2. The fraction of sp³-hybridized carbons (Fsp3) is 0.0556. The maximum Gasteiger partial charge on any atom is 0.275 e. The van der Waals surface area contributed by atoms with Crippen molar-refractivity contribution in [2.24, 2.45) is 5.14 Å². The van der Waals surface area contributed by atoms with E-state index in [1.807, 2.05) is 0 Å². The van der Waals surface area contributed by atoms with E-state index in [0.717, 1.165) is 12.3 Å². The predicted octanol–water partition coefficient (Wildman–Crippen LogP) is 2.14. The largest absolute Gasteiger partial charge is 0.321 e. The van der Waals surface area contributed by atoms with Crippen molar-refractivity contribution in [3.05, 3.63) is 76.8 Å². The number of benzene rings is 2. The number of amides is 1. The molecular formula is C18H14ClFN4O5S2. The zero-order chi connectivity index (χ0) is 22.8. The van der Waals surface area contributed by atoms with E-state index in [2.05, 4.69) is 15.3 Å². The average molecular weight is 485 g/mol. The van der Waals surface area contributed by atoms with Gasteiger partial charge in [0.25, 0.3) is 5.91 Å². The van der Waals surface area contributed by atoms with Crippen molar-refractivity contribution in [1.82, 2.24) is 9.97 Å². The second kappa shape index (κ2) is 8.67. The van der Waals surface area contributed by atoms with Crippen LogP contribution in [0.2, 0.25) is 5.02 Å². The molecule has 3 rings (SSSR count). The summed E-state index contributed by atoms with van der Waals surface area (Å²) in [7, 11) is -8.09. The third-order valence-corrected chi connectivity index (χ3v) is 6.61. The monoisotopic (exact) mass is 484 g/mol. The molecule has 0 saturated heterocycles. The molecule has 0 atom stereocenters. The van der Waals surface area contributed by atoms with Crippen LogP contribution in [0, 0.1) is 5.82 Å². The lowest BCUT2D eigenvalue weighted by Gasteiger charge is -2.09. The molecule has 0 fully saturated rings. The summed E-state index contributed by atoms with van der Waals surface area (Å²) in [6.07, 6.45) is 0.946. The Labute approximate surface area is 182 Å². The third-order valence-electron chi connectivity index (χ3n) is 3.96. The Kier molecular flexibility index (Phi) is 6.36. The van der Waals surface area contributed by atoms with Crippen molar-refractivity contribution >= 4 is 43.1 Å². The highest BCUT2D eigenvalue weighted by Gasteiger charge is 2.24. The number of nitrogens with two attached hydrogens (primary N) is 1. The third kappa shape index (κ3) is 5.41. The first-order valence-corrected chi connectivity index (χ1v) is 12.0. The first-order chi connectivity index (χ1) is 14.5. The topological polar surface area (TPSA) is 149 Å². The van der Waals surface area contributed by atoms with Crippen LogP contribution in [-0.2, 0) is 25.6 Å². The number of sulfone groups is 1. The van der Waals surface area contributed by atoms with Crippen LogP contribution in [0.15, 0.2) is 64.8 Å². The standard InChI is InChI=1S/C18H14ClFN4O5S2/c19-14-9-22-18(30(26,27)10-11-3-1-2-4-15(11)20)24-16(14)17(25)23-12-5-7-13(8-6-12)31(21,28)29/h1-9H,10H2,(H,23,25)(H2,21,28,29). The molecule has 3 aromatic rings. The van der Waals surface area contributed by atoms with Crippen molar-refractivity contribution in [2.45, 2.75) is 15.8 Å². The molecule has 13 heteroatoms. The van der Waals surface area contributed by atoms with Crippen molar-refractivity contribution < 1.29 is 26.0 Å². The lowest BCUT2D eigenvalue weighted by Crippen LogP contribution is -2.18. The molecule has 0 aliphatic heterocycles. The molecule has 9 nitrogen and oxygen atoms in total. The van der Waals surface area contributed by atoms with E-state index < -0.39 is 48.2 Å². The molecule has 0 spiro atoms. The summed E-state index contributed by atoms with van der Waals surface area (Å²) >= 11 is 5.94. The number of aromatic nitrogens is 2. The second-order valence-electron chi connectivity index (χ2n) is 6.22. The van der Waals surface area contributed by atoms with Gasteiger partial charge in [-0.2, -0.15) is 0 Å². The van der Waals surface area contributed by atoms with Gasteiger partial charge in [0.1, 0.15) is 5.82 Å². The minimum Gasteiger partial charge on any atom is -0.321 e. The summed E-state index contributed by atoms with van der Waals surface area (Å²) in [5.41, 5.74) is -0.330. The van der Waals surface area contributed by atoms with Crippen LogP contribution in [-0.4, -0.2) is 32.7 Å². The number of nitrogens with zero attached hydrogens (tertiary/aromatic N) is 2. The molecule has 1 heterocycles. The molecule has 2 aromatic carbocycles. The summed E-state index contributed by atoms with van der Waals surface area (Å²) in [6.45, 7) is 0. The quantitative estimate of drug-likeness (QED) is 0.509. The van der Waals surface area contributed by atoms with Gasteiger partial charge in [0, 0.05) is 11.3 Å². The minimum absolute atomic E-state index is 0.0815. The fourth-order valence-corrected chi connectivity index (χ4v) is 4.37. The smallest absolute Gasteiger partial charge is 0.275 e. The number of anilines is 1. The normalized spacial score (nSPS) is 11.8. The van der Waals surface area contributed by atoms with E-state index in [0.29, 0.717) is 0 Å². The summed E-state index contributed by atoms with van der Waals surface area (Å²) in [5.74, 6) is -2.28. The molecule has 31 heavy (non-hydrogen) atoms. The molecule has 0 bridgehead atoms. The zero-order valence-corrected chi connectivity index (χ0v) is 17.9. The maximum atomic E-state index is 13.8. The van der Waals surface area contributed by atoms with Gasteiger partial charge < -0.3 is 5.32 Å².